The lowest BCUT2D eigenvalue weighted by molar-refractivity contribution is -0.140. The van der Waals surface area contributed by atoms with E-state index in [1.807, 2.05) is 6.92 Å². The van der Waals surface area contributed by atoms with E-state index >= 15 is 0 Å². The fourth-order valence-electron chi connectivity index (χ4n) is 5.14. The van der Waals surface area contributed by atoms with Crippen molar-refractivity contribution in [2.24, 2.45) is 5.92 Å². The number of ketones is 2. The lowest BCUT2D eigenvalue weighted by Gasteiger charge is -2.30. The second-order valence-electron chi connectivity index (χ2n) is 9.26. The summed E-state index contributed by atoms with van der Waals surface area (Å²) >= 11 is 0. The van der Waals surface area contributed by atoms with Crippen molar-refractivity contribution in [3.63, 3.8) is 0 Å². The fourth-order valence-corrected chi connectivity index (χ4v) is 5.14. The Morgan fingerprint density at radius 1 is 0.919 bits per heavy atom. The van der Waals surface area contributed by atoms with Gasteiger partial charge in [0.25, 0.3) is 5.91 Å². The third-order valence-corrected chi connectivity index (χ3v) is 7.09. The molecule has 0 radical (unpaired) electrons. The van der Waals surface area contributed by atoms with Crippen LogP contribution in [-0.2, 0) is 14.3 Å². The molecule has 2 aromatic rings. The Bertz CT molecular complexity index is 1160. The van der Waals surface area contributed by atoms with E-state index in [4.69, 9.17) is 18.9 Å². The molecule has 0 aliphatic carbocycles. The molecular formula is C28H34N2O7. The Kier molecular flexibility index (Phi) is 8.45. The summed E-state index contributed by atoms with van der Waals surface area (Å²) in [4.78, 5) is 44.2. The Hall–Kier alpha value is -3.43. The second kappa shape index (κ2) is 11.7. The number of amides is 1. The third-order valence-electron chi connectivity index (χ3n) is 7.09. The molecule has 2 atom stereocenters. The standard InChI is InChI=1S/C28H34N2O7/c1-18-16-20(7-8-21(18)34-2)26(31)24-25(19-6-9-22(35-3)23(17-19)36-4)30(28(33)27(24)32)11-5-10-29-12-14-37-15-13-29/h6-9,16-17,24-25H,5,10-15H2,1-4H3. The van der Waals surface area contributed by atoms with Crippen LogP contribution in [0.5, 0.6) is 17.2 Å². The lowest BCUT2D eigenvalue weighted by Crippen LogP contribution is -2.39. The number of carbonyl (C=O) groups excluding carboxylic acids is 3. The number of morpholine rings is 1. The number of hydrogen-bond donors (Lipinski definition) is 0. The van der Waals surface area contributed by atoms with Crippen molar-refractivity contribution in [3.05, 3.63) is 53.1 Å². The molecule has 0 spiro atoms. The minimum atomic E-state index is -1.17. The molecule has 1 amide bonds. The number of benzene rings is 2. The largest absolute Gasteiger partial charge is 0.496 e. The van der Waals surface area contributed by atoms with Gasteiger partial charge in [-0.15, -0.1) is 0 Å². The van der Waals surface area contributed by atoms with Crippen molar-refractivity contribution in [3.8, 4) is 17.2 Å². The zero-order valence-corrected chi connectivity index (χ0v) is 21.8. The van der Waals surface area contributed by atoms with Crippen LogP contribution in [0.1, 0.15) is 33.9 Å². The third kappa shape index (κ3) is 5.47. The molecule has 2 saturated heterocycles. The highest BCUT2D eigenvalue weighted by atomic mass is 16.5. The number of rotatable bonds is 10. The first kappa shape index (κ1) is 26.6. The molecule has 37 heavy (non-hydrogen) atoms. The number of aryl methyl sites for hydroxylation is 1. The quantitative estimate of drug-likeness (QED) is 0.274. The molecule has 2 unspecified atom stereocenters. The van der Waals surface area contributed by atoms with Crippen molar-refractivity contribution in [1.82, 2.24) is 9.80 Å². The molecule has 2 heterocycles. The molecule has 9 nitrogen and oxygen atoms in total. The molecule has 9 heteroatoms. The topological polar surface area (TPSA) is 94.6 Å². The Balaban J connectivity index is 1.67. The smallest absolute Gasteiger partial charge is 0.291 e. The summed E-state index contributed by atoms with van der Waals surface area (Å²) in [7, 11) is 4.62. The van der Waals surface area contributed by atoms with Crippen LogP contribution in [0.4, 0.5) is 0 Å². The van der Waals surface area contributed by atoms with E-state index in [-0.39, 0.29) is 5.78 Å². The molecule has 2 fully saturated rings. The van der Waals surface area contributed by atoms with Crippen molar-refractivity contribution >= 4 is 17.5 Å². The fraction of sp³-hybridized carbons (Fsp3) is 0.464. The molecular weight excluding hydrogens is 476 g/mol. The first-order valence-electron chi connectivity index (χ1n) is 12.4. The number of carbonyl (C=O) groups is 3. The summed E-state index contributed by atoms with van der Waals surface area (Å²) in [5.41, 5.74) is 1.78. The maximum atomic E-state index is 13.8. The first-order chi connectivity index (χ1) is 17.9. The Morgan fingerprint density at radius 2 is 1.59 bits per heavy atom. The van der Waals surface area contributed by atoms with Crippen LogP contribution >= 0.6 is 0 Å². The molecule has 0 bridgehead atoms. The number of hydrogen-bond acceptors (Lipinski definition) is 8. The summed E-state index contributed by atoms with van der Waals surface area (Å²) in [6.07, 6.45) is 0.672. The van der Waals surface area contributed by atoms with E-state index < -0.39 is 23.7 Å². The van der Waals surface area contributed by atoms with Gasteiger partial charge < -0.3 is 23.8 Å². The van der Waals surface area contributed by atoms with Gasteiger partial charge in [-0.05, 0) is 54.8 Å². The average Bonchev–Trinajstić information content (AvgIpc) is 3.17. The van der Waals surface area contributed by atoms with Crippen molar-refractivity contribution in [1.29, 1.82) is 0 Å². The van der Waals surface area contributed by atoms with Gasteiger partial charge in [-0.1, -0.05) is 6.07 Å². The zero-order valence-electron chi connectivity index (χ0n) is 21.8. The molecule has 4 rings (SSSR count). The summed E-state index contributed by atoms with van der Waals surface area (Å²) in [6, 6.07) is 9.54. The molecule has 2 aromatic carbocycles. The van der Waals surface area contributed by atoms with E-state index in [0.717, 1.165) is 25.2 Å². The second-order valence-corrected chi connectivity index (χ2v) is 9.26. The highest BCUT2D eigenvalue weighted by Crippen LogP contribution is 2.41. The zero-order chi connectivity index (χ0) is 26.5. The van der Waals surface area contributed by atoms with Crippen LogP contribution in [0.2, 0.25) is 0 Å². The van der Waals surface area contributed by atoms with Gasteiger partial charge in [0.15, 0.2) is 17.3 Å². The molecule has 2 aliphatic heterocycles. The normalized spacial score (nSPS) is 20.3. The highest BCUT2D eigenvalue weighted by molar-refractivity contribution is 6.44. The van der Waals surface area contributed by atoms with Crippen molar-refractivity contribution < 1.29 is 33.3 Å². The number of Topliss-reactive ketones (excluding diaryl/α,β-unsaturated/α-hetero) is 2. The number of nitrogens with zero attached hydrogens (tertiary/aromatic N) is 2. The Morgan fingerprint density at radius 3 is 2.24 bits per heavy atom. The van der Waals surface area contributed by atoms with Crippen LogP contribution in [0.25, 0.3) is 0 Å². The van der Waals surface area contributed by atoms with Crippen molar-refractivity contribution in [2.75, 3.05) is 60.7 Å². The number of ether oxygens (including phenoxy) is 4. The minimum Gasteiger partial charge on any atom is -0.496 e. The molecule has 198 valence electrons. The predicted molar refractivity (Wildman–Crippen MR) is 136 cm³/mol. The van der Waals surface area contributed by atoms with Crippen LogP contribution in [0, 0.1) is 12.8 Å². The maximum Gasteiger partial charge on any atom is 0.291 e. The van der Waals surface area contributed by atoms with Gasteiger partial charge >= 0.3 is 0 Å². The van der Waals surface area contributed by atoms with E-state index in [1.54, 1.807) is 48.4 Å². The van der Waals surface area contributed by atoms with Crippen LogP contribution in [0.3, 0.4) is 0 Å². The van der Waals surface area contributed by atoms with Crippen LogP contribution < -0.4 is 14.2 Å². The highest BCUT2D eigenvalue weighted by Gasteiger charge is 2.51. The molecule has 0 aromatic heterocycles. The van der Waals surface area contributed by atoms with E-state index in [0.29, 0.717) is 54.6 Å². The van der Waals surface area contributed by atoms with Gasteiger partial charge in [-0.3, -0.25) is 19.3 Å². The first-order valence-corrected chi connectivity index (χ1v) is 12.4. The van der Waals surface area contributed by atoms with E-state index in [9.17, 15) is 14.4 Å². The van der Waals surface area contributed by atoms with Gasteiger partial charge in [-0.2, -0.15) is 0 Å². The summed E-state index contributed by atoms with van der Waals surface area (Å²) in [5, 5.41) is 0. The van der Waals surface area contributed by atoms with Crippen molar-refractivity contribution in [2.45, 2.75) is 19.4 Å². The van der Waals surface area contributed by atoms with Crippen LogP contribution in [-0.4, -0.2) is 88.0 Å². The van der Waals surface area contributed by atoms with Gasteiger partial charge in [-0.25, -0.2) is 0 Å². The monoisotopic (exact) mass is 510 g/mol. The molecule has 2 aliphatic rings. The van der Waals surface area contributed by atoms with E-state index in [2.05, 4.69) is 4.90 Å². The minimum absolute atomic E-state index is 0.354. The molecule has 0 saturated carbocycles. The maximum absolute atomic E-state index is 13.8. The average molecular weight is 511 g/mol. The van der Waals surface area contributed by atoms with Gasteiger partial charge in [0, 0.05) is 31.7 Å². The lowest BCUT2D eigenvalue weighted by atomic mass is 9.85. The van der Waals surface area contributed by atoms with E-state index in [1.165, 1.54) is 14.2 Å². The predicted octanol–water partition coefficient (Wildman–Crippen LogP) is 2.69. The SMILES string of the molecule is COc1ccc(C(=O)C2C(=O)C(=O)N(CCCN3CCOCC3)C2c2ccc(OC)c(OC)c2)cc1C. The van der Waals surface area contributed by atoms with Crippen LogP contribution in [0.15, 0.2) is 36.4 Å². The van der Waals surface area contributed by atoms with Gasteiger partial charge in [0.05, 0.1) is 40.6 Å². The summed E-state index contributed by atoms with van der Waals surface area (Å²) in [5.74, 6) is -1.25. The summed E-state index contributed by atoms with van der Waals surface area (Å²) in [6.45, 7) is 6.01. The van der Waals surface area contributed by atoms with Gasteiger partial charge in [0.1, 0.15) is 11.7 Å². The number of likely N-dealkylation sites (tertiary alicyclic amines) is 1. The summed E-state index contributed by atoms with van der Waals surface area (Å²) < 4.78 is 21.6. The Labute approximate surface area is 217 Å². The molecule has 0 N–H and O–H groups in total. The number of methoxy groups -OCH3 is 3. The van der Waals surface area contributed by atoms with Gasteiger partial charge in [0.2, 0.25) is 5.78 Å².